The number of likely N-dealkylation sites (tertiary alicyclic amines) is 1. The lowest BCUT2D eigenvalue weighted by Gasteiger charge is -2.50. The topological polar surface area (TPSA) is 32.7 Å². The maximum atomic E-state index is 13.3. The van der Waals surface area contributed by atoms with Crippen molar-refractivity contribution in [3.63, 3.8) is 0 Å². The highest BCUT2D eigenvalue weighted by molar-refractivity contribution is 6.30. The molecule has 0 amide bonds. The van der Waals surface area contributed by atoms with Gasteiger partial charge in [0.15, 0.2) is 0 Å². The maximum Gasteiger partial charge on any atom is 0.145 e. The fourth-order valence-electron chi connectivity index (χ4n) is 2.73. The molecule has 1 saturated heterocycles. The molecule has 1 heterocycles. The second-order valence-corrected chi connectivity index (χ2v) is 5.82. The summed E-state index contributed by atoms with van der Waals surface area (Å²) in [6.45, 7) is 8.88. The summed E-state index contributed by atoms with van der Waals surface area (Å²) < 4.78 is 18.7. The molecule has 3 nitrogen and oxygen atoms in total. The molecule has 1 N–H and O–H groups in total. The predicted molar refractivity (Wildman–Crippen MR) is 82.3 cm³/mol. The number of benzene rings is 1. The molecule has 5 heteroatoms. The van der Waals surface area contributed by atoms with E-state index >= 15 is 0 Å². The first-order chi connectivity index (χ1) is 9.93. The van der Waals surface area contributed by atoms with E-state index in [0.29, 0.717) is 18.3 Å². The van der Waals surface area contributed by atoms with Crippen molar-refractivity contribution in [2.45, 2.75) is 38.5 Å². The third-order valence-corrected chi connectivity index (χ3v) is 4.31. The van der Waals surface area contributed by atoms with E-state index in [4.69, 9.17) is 16.3 Å². The maximum absolute atomic E-state index is 13.3. The van der Waals surface area contributed by atoms with Crippen LogP contribution >= 0.6 is 11.6 Å². The number of hydrogen-bond acceptors (Lipinski definition) is 3. The van der Waals surface area contributed by atoms with E-state index in [-0.39, 0.29) is 17.7 Å². The van der Waals surface area contributed by atoms with Crippen LogP contribution in [0.15, 0.2) is 30.4 Å². The zero-order valence-electron chi connectivity index (χ0n) is 12.4. The van der Waals surface area contributed by atoms with Crippen LogP contribution in [-0.2, 0) is 0 Å². The SMILES string of the molecule is C=C1C(C)N(CC(O)COc2ccc(Cl)c(F)c2)C1CC. The van der Waals surface area contributed by atoms with Gasteiger partial charge in [0.1, 0.15) is 24.3 Å². The molecule has 0 radical (unpaired) electrons. The minimum Gasteiger partial charge on any atom is -0.491 e. The largest absolute Gasteiger partial charge is 0.491 e. The first-order valence-corrected chi connectivity index (χ1v) is 7.52. The van der Waals surface area contributed by atoms with Gasteiger partial charge in [-0.05, 0) is 31.1 Å². The predicted octanol–water partition coefficient (Wildman–Crippen LogP) is 3.26. The zero-order chi connectivity index (χ0) is 15.6. The lowest BCUT2D eigenvalue weighted by Crippen LogP contribution is -2.58. The van der Waals surface area contributed by atoms with E-state index in [1.807, 2.05) is 0 Å². The number of hydrogen-bond donors (Lipinski definition) is 1. The molecule has 21 heavy (non-hydrogen) atoms. The van der Waals surface area contributed by atoms with Crippen LogP contribution in [0.5, 0.6) is 5.75 Å². The van der Waals surface area contributed by atoms with E-state index in [9.17, 15) is 9.50 Å². The summed E-state index contributed by atoms with van der Waals surface area (Å²) in [5.74, 6) is -0.161. The van der Waals surface area contributed by atoms with Crippen LogP contribution in [0.3, 0.4) is 0 Å². The number of ether oxygens (including phenoxy) is 1. The van der Waals surface area contributed by atoms with Gasteiger partial charge in [-0.25, -0.2) is 4.39 Å². The van der Waals surface area contributed by atoms with Crippen LogP contribution in [0, 0.1) is 5.82 Å². The van der Waals surface area contributed by atoms with Gasteiger partial charge >= 0.3 is 0 Å². The van der Waals surface area contributed by atoms with Crippen molar-refractivity contribution in [1.82, 2.24) is 4.90 Å². The minimum absolute atomic E-state index is 0.0570. The second kappa shape index (κ2) is 6.77. The third kappa shape index (κ3) is 3.57. The highest BCUT2D eigenvalue weighted by Crippen LogP contribution is 2.32. The molecular weight excluding hydrogens is 293 g/mol. The molecule has 0 saturated carbocycles. The van der Waals surface area contributed by atoms with Crippen molar-refractivity contribution in [3.05, 3.63) is 41.2 Å². The molecule has 3 unspecified atom stereocenters. The Kier molecular flexibility index (Phi) is 5.25. The second-order valence-electron chi connectivity index (χ2n) is 5.41. The average molecular weight is 314 g/mol. The number of nitrogens with zero attached hydrogens (tertiary/aromatic N) is 1. The van der Waals surface area contributed by atoms with Crippen molar-refractivity contribution in [2.75, 3.05) is 13.2 Å². The van der Waals surface area contributed by atoms with E-state index in [1.54, 1.807) is 6.07 Å². The summed E-state index contributed by atoms with van der Waals surface area (Å²) in [7, 11) is 0. The van der Waals surface area contributed by atoms with Gasteiger partial charge in [0.25, 0.3) is 0 Å². The Morgan fingerprint density at radius 1 is 1.52 bits per heavy atom. The Balaban J connectivity index is 1.83. The van der Waals surface area contributed by atoms with Gasteiger partial charge in [-0.3, -0.25) is 4.90 Å². The van der Waals surface area contributed by atoms with Crippen LogP contribution in [0.4, 0.5) is 4.39 Å². The summed E-state index contributed by atoms with van der Waals surface area (Å²) in [6.07, 6.45) is 0.354. The van der Waals surface area contributed by atoms with Gasteiger partial charge in [-0.2, -0.15) is 0 Å². The summed E-state index contributed by atoms with van der Waals surface area (Å²) >= 11 is 5.61. The molecule has 1 fully saturated rings. The van der Waals surface area contributed by atoms with Gasteiger partial charge in [0.05, 0.1) is 5.02 Å². The lowest BCUT2D eigenvalue weighted by atomic mass is 9.86. The Morgan fingerprint density at radius 2 is 2.24 bits per heavy atom. The number of β-amino-alcohol motifs (C(OH)–C–C–N with tert-alkyl or cyclic N) is 1. The molecule has 3 atom stereocenters. The summed E-state index contributed by atoms with van der Waals surface area (Å²) in [4.78, 5) is 2.21. The molecule has 1 aliphatic heterocycles. The lowest BCUT2D eigenvalue weighted by molar-refractivity contribution is 0.0145. The van der Waals surface area contributed by atoms with Gasteiger partial charge in [0.2, 0.25) is 0 Å². The smallest absolute Gasteiger partial charge is 0.145 e. The number of rotatable bonds is 6. The molecule has 1 aromatic carbocycles. The molecule has 2 rings (SSSR count). The first-order valence-electron chi connectivity index (χ1n) is 7.14. The van der Waals surface area contributed by atoms with Crippen LogP contribution in [0.25, 0.3) is 0 Å². The van der Waals surface area contributed by atoms with E-state index < -0.39 is 11.9 Å². The Hall–Kier alpha value is -1.10. The van der Waals surface area contributed by atoms with E-state index in [1.165, 1.54) is 17.7 Å². The standard InChI is InChI=1S/C16H21ClFNO2/c1-4-16-10(2)11(3)19(16)8-12(20)9-21-13-5-6-14(17)15(18)7-13/h5-7,11-12,16,20H,2,4,8-9H2,1,3H3. The van der Waals surface area contributed by atoms with Crippen molar-refractivity contribution < 1.29 is 14.2 Å². The Labute approximate surface area is 130 Å². The molecule has 0 aromatic heterocycles. The fourth-order valence-corrected chi connectivity index (χ4v) is 2.85. The van der Waals surface area contributed by atoms with E-state index in [2.05, 4.69) is 25.3 Å². The van der Waals surface area contributed by atoms with Crippen LogP contribution in [0.1, 0.15) is 20.3 Å². The average Bonchev–Trinajstić information content (AvgIpc) is 2.47. The van der Waals surface area contributed by atoms with Crippen LogP contribution in [-0.4, -0.2) is 41.3 Å². The molecule has 0 aliphatic carbocycles. The number of halogens is 2. The Morgan fingerprint density at radius 3 is 2.86 bits per heavy atom. The van der Waals surface area contributed by atoms with Crippen molar-refractivity contribution in [2.24, 2.45) is 0 Å². The van der Waals surface area contributed by atoms with Gasteiger partial charge in [-0.15, -0.1) is 0 Å². The van der Waals surface area contributed by atoms with E-state index in [0.717, 1.165) is 6.42 Å². The van der Waals surface area contributed by atoms with Gasteiger partial charge < -0.3 is 9.84 Å². The minimum atomic E-state index is -0.631. The Bertz CT molecular complexity index is 523. The van der Waals surface area contributed by atoms with Crippen molar-refractivity contribution in [1.29, 1.82) is 0 Å². The van der Waals surface area contributed by atoms with Crippen molar-refractivity contribution >= 4 is 11.6 Å². The third-order valence-electron chi connectivity index (χ3n) is 4.00. The molecule has 1 aromatic rings. The fraction of sp³-hybridized carbons (Fsp3) is 0.500. The molecular formula is C16H21ClFNO2. The molecule has 0 spiro atoms. The van der Waals surface area contributed by atoms with Crippen LogP contribution in [0.2, 0.25) is 5.02 Å². The highest BCUT2D eigenvalue weighted by atomic mass is 35.5. The van der Waals surface area contributed by atoms with Gasteiger partial charge in [-0.1, -0.05) is 25.1 Å². The zero-order valence-corrected chi connectivity index (χ0v) is 13.1. The summed E-state index contributed by atoms with van der Waals surface area (Å²) in [5, 5.41) is 10.1. The summed E-state index contributed by atoms with van der Waals surface area (Å²) in [5.41, 5.74) is 1.21. The normalized spacial score (nSPS) is 23.8. The molecule has 0 bridgehead atoms. The van der Waals surface area contributed by atoms with Crippen LogP contribution < -0.4 is 4.74 Å². The molecule has 116 valence electrons. The van der Waals surface area contributed by atoms with Gasteiger partial charge in [0, 0.05) is 24.7 Å². The summed E-state index contributed by atoms with van der Waals surface area (Å²) in [6, 6.07) is 4.87. The number of aliphatic hydroxyl groups excluding tert-OH is 1. The number of aliphatic hydroxyl groups is 1. The monoisotopic (exact) mass is 313 g/mol. The molecule has 1 aliphatic rings. The first kappa shape index (κ1) is 16.3. The quantitative estimate of drug-likeness (QED) is 0.818. The van der Waals surface area contributed by atoms with Crippen molar-refractivity contribution in [3.8, 4) is 5.75 Å². The highest BCUT2D eigenvalue weighted by Gasteiger charge is 2.38.